The number of rotatable bonds is 7. The summed E-state index contributed by atoms with van der Waals surface area (Å²) in [6.45, 7) is 3.87. The van der Waals surface area contributed by atoms with E-state index in [2.05, 4.69) is 4.99 Å². The maximum absolute atomic E-state index is 13.1. The molecule has 12 heteroatoms. The second-order valence-corrected chi connectivity index (χ2v) is 11.0. The molecule has 4 rings (SSSR count). The first-order valence-electron chi connectivity index (χ1n) is 11.5. The lowest BCUT2D eigenvalue weighted by Crippen LogP contribution is -2.50. The monoisotopic (exact) mass is 532 g/mol. The first-order chi connectivity index (χ1) is 17.3. The molecular formula is C24H28N4O6S2. The van der Waals surface area contributed by atoms with E-state index in [0.29, 0.717) is 18.0 Å². The van der Waals surface area contributed by atoms with Crippen LogP contribution in [-0.4, -0.2) is 80.7 Å². The molecule has 0 bridgehead atoms. The molecule has 1 aliphatic heterocycles. The van der Waals surface area contributed by atoms with Gasteiger partial charge in [0.1, 0.15) is 0 Å². The van der Waals surface area contributed by atoms with Crippen LogP contribution in [0.4, 0.5) is 4.79 Å². The van der Waals surface area contributed by atoms with Crippen LogP contribution < -0.4 is 4.80 Å². The second kappa shape index (κ2) is 11.3. The summed E-state index contributed by atoms with van der Waals surface area (Å²) in [5.74, 6) is -0.459. The Morgan fingerprint density at radius 3 is 2.39 bits per heavy atom. The molecule has 0 radical (unpaired) electrons. The maximum Gasteiger partial charge on any atom is 0.409 e. The molecule has 1 aromatic heterocycles. The fraction of sp³-hybridized carbons (Fsp3) is 0.375. The summed E-state index contributed by atoms with van der Waals surface area (Å²) < 4.78 is 40.6. The number of carbonyl (C=O) groups excluding carboxylic acids is 2. The van der Waals surface area contributed by atoms with E-state index in [-0.39, 0.29) is 43.2 Å². The van der Waals surface area contributed by atoms with Crippen LogP contribution in [0.15, 0.2) is 58.4 Å². The number of amides is 2. The van der Waals surface area contributed by atoms with Gasteiger partial charge in [-0.3, -0.25) is 4.79 Å². The molecule has 0 aliphatic carbocycles. The van der Waals surface area contributed by atoms with Crippen molar-refractivity contribution in [2.75, 3.05) is 46.5 Å². The first kappa shape index (κ1) is 26.0. The summed E-state index contributed by atoms with van der Waals surface area (Å²) in [4.78, 5) is 31.2. The molecule has 0 saturated carbocycles. The van der Waals surface area contributed by atoms with Crippen LogP contribution >= 0.6 is 11.3 Å². The van der Waals surface area contributed by atoms with Gasteiger partial charge in [-0.1, -0.05) is 23.5 Å². The molecule has 0 atom stereocenters. The van der Waals surface area contributed by atoms with E-state index in [0.717, 1.165) is 10.2 Å². The largest absolute Gasteiger partial charge is 0.450 e. The fourth-order valence-electron chi connectivity index (χ4n) is 3.90. The molecule has 192 valence electrons. The third-order valence-electron chi connectivity index (χ3n) is 5.81. The average molecular weight is 533 g/mol. The molecule has 2 aromatic carbocycles. The SMILES string of the molecule is CCOC(=O)N1CCN(S(=O)(=O)c2ccc(C(=O)N=c3sc4ccccc4n3CCOC)cc2)CC1. The Morgan fingerprint density at radius 2 is 1.72 bits per heavy atom. The van der Waals surface area contributed by atoms with Gasteiger partial charge in [0, 0.05) is 45.4 Å². The highest BCUT2D eigenvalue weighted by atomic mass is 32.2. The van der Waals surface area contributed by atoms with Gasteiger partial charge in [0.15, 0.2) is 4.80 Å². The van der Waals surface area contributed by atoms with Gasteiger partial charge in [0.05, 0.1) is 28.3 Å². The second-order valence-electron chi connectivity index (χ2n) is 8.03. The van der Waals surface area contributed by atoms with E-state index >= 15 is 0 Å². The number of piperazine rings is 1. The molecule has 3 aromatic rings. The predicted molar refractivity (Wildman–Crippen MR) is 135 cm³/mol. The molecule has 2 heterocycles. The molecule has 2 amide bonds. The maximum atomic E-state index is 13.1. The summed E-state index contributed by atoms with van der Waals surface area (Å²) in [5, 5.41) is 0. The van der Waals surface area contributed by atoms with E-state index in [4.69, 9.17) is 9.47 Å². The molecule has 0 unspecified atom stereocenters. The number of ether oxygens (including phenoxy) is 2. The van der Waals surface area contributed by atoms with Crippen molar-refractivity contribution in [3.63, 3.8) is 0 Å². The highest BCUT2D eigenvalue weighted by Crippen LogP contribution is 2.20. The van der Waals surface area contributed by atoms with Crippen molar-refractivity contribution < 1.29 is 27.5 Å². The van der Waals surface area contributed by atoms with Crippen molar-refractivity contribution in [1.29, 1.82) is 0 Å². The third kappa shape index (κ3) is 5.51. The molecule has 0 N–H and O–H groups in total. The number of para-hydroxylation sites is 1. The number of methoxy groups -OCH3 is 1. The lowest BCUT2D eigenvalue weighted by molar-refractivity contribution is 0.0933. The van der Waals surface area contributed by atoms with Crippen LogP contribution in [0.1, 0.15) is 17.3 Å². The fourth-order valence-corrected chi connectivity index (χ4v) is 6.38. The number of benzene rings is 2. The standard InChI is InChI=1S/C24H28N4O6S2/c1-3-34-24(30)26-12-14-27(15-13-26)36(31,32)19-10-8-18(9-11-19)22(29)25-23-28(16-17-33-2)20-6-4-5-7-21(20)35-23/h4-11H,3,12-17H2,1-2H3. The van der Waals surface area contributed by atoms with Gasteiger partial charge in [-0.15, -0.1) is 0 Å². The predicted octanol–water partition coefficient (Wildman–Crippen LogP) is 2.55. The molecule has 1 fully saturated rings. The Kier molecular flexibility index (Phi) is 8.19. The van der Waals surface area contributed by atoms with E-state index in [1.807, 2.05) is 28.8 Å². The molecule has 1 saturated heterocycles. The minimum atomic E-state index is -3.76. The summed E-state index contributed by atoms with van der Waals surface area (Å²) >= 11 is 1.41. The minimum absolute atomic E-state index is 0.0839. The number of thiazole rings is 1. The van der Waals surface area contributed by atoms with Crippen LogP contribution in [0.5, 0.6) is 0 Å². The zero-order chi connectivity index (χ0) is 25.7. The van der Waals surface area contributed by atoms with Crippen molar-refractivity contribution in [2.24, 2.45) is 4.99 Å². The highest BCUT2D eigenvalue weighted by Gasteiger charge is 2.30. The topological polar surface area (TPSA) is 111 Å². The Balaban J connectivity index is 1.51. The number of hydrogen-bond acceptors (Lipinski definition) is 7. The number of fused-ring (bicyclic) bond motifs is 1. The Labute approximate surface area is 213 Å². The lowest BCUT2D eigenvalue weighted by Gasteiger charge is -2.33. The summed E-state index contributed by atoms with van der Waals surface area (Å²) in [6, 6.07) is 13.6. The van der Waals surface area contributed by atoms with Gasteiger partial charge in [0.25, 0.3) is 5.91 Å². The van der Waals surface area contributed by atoms with E-state index in [1.54, 1.807) is 14.0 Å². The zero-order valence-electron chi connectivity index (χ0n) is 20.1. The number of carbonyl (C=O) groups is 2. The Hall–Kier alpha value is -3.06. The smallest absolute Gasteiger partial charge is 0.409 e. The molecular weight excluding hydrogens is 504 g/mol. The number of aromatic nitrogens is 1. The minimum Gasteiger partial charge on any atom is -0.450 e. The van der Waals surface area contributed by atoms with E-state index < -0.39 is 22.0 Å². The number of sulfonamides is 1. The van der Waals surface area contributed by atoms with Gasteiger partial charge >= 0.3 is 6.09 Å². The van der Waals surface area contributed by atoms with Crippen LogP contribution in [0.3, 0.4) is 0 Å². The molecule has 10 nitrogen and oxygen atoms in total. The zero-order valence-corrected chi connectivity index (χ0v) is 21.8. The van der Waals surface area contributed by atoms with Crippen LogP contribution in [-0.2, 0) is 26.0 Å². The summed E-state index contributed by atoms with van der Waals surface area (Å²) in [6.07, 6.45) is -0.441. The van der Waals surface area contributed by atoms with Crippen molar-refractivity contribution in [3.8, 4) is 0 Å². The van der Waals surface area contributed by atoms with Crippen molar-refractivity contribution >= 4 is 43.6 Å². The van der Waals surface area contributed by atoms with Crippen molar-refractivity contribution in [1.82, 2.24) is 13.8 Å². The van der Waals surface area contributed by atoms with Gasteiger partial charge in [-0.25, -0.2) is 13.2 Å². The van der Waals surface area contributed by atoms with Crippen LogP contribution in [0.2, 0.25) is 0 Å². The average Bonchev–Trinajstić information content (AvgIpc) is 3.24. The molecule has 1 aliphatic rings. The van der Waals surface area contributed by atoms with Crippen LogP contribution in [0, 0.1) is 0 Å². The van der Waals surface area contributed by atoms with Gasteiger partial charge < -0.3 is 18.9 Å². The molecule has 36 heavy (non-hydrogen) atoms. The first-order valence-corrected chi connectivity index (χ1v) is 13.8. The Morgan fingerprint density at radius 1 is 1.03 bits per heavy atom. The third-order valence-corrected chi connectivity index (χ3v) is 8.78. The lowest BCUT2D eigenvalue weighted by atomic mass is 10.2. The van der Waals surface area contributed by atoms with Gasteiger partial charge in [-0.2, -0.15) is 9.30 Å². The van der Waals surface area contributed by atoms with E-state index in [1.165, 1.54) is 44.8 Å². The Bertz CT molecular complexity index is 1400. The summed E-state index contributed by atoms with van der Waals surface area (Å²) in [5.41, 5.74) is 1.26. The van der Waals surface area contributed by atoms with Gasteiger partial charge in [-0.05, 0) is 43.3 Å². The number of hydrogen-bond donors (Lipinski definition) is 0. The number of nitrogens with zero attached hydrogens (tertiary/aromatic N) is 4. The van der Waals surface area contributed by atoms with Crippen molar-refractivity contribution in [2.45, 2.75) is 18.4 Å². The molecule has 0 spiro atoms. The highest BCUT2D eigenvalue weighted by molar-refractivity contribution is 7.89. The normalized spacial score (nSPS) is 15.4. The van der Waals surface area contributed by atoms with Crippen LogP contribution in [0.25, 0.3) is 10.2 Å². The van der Waals surface area contributed by atoms with E-state index in [9.17, 15) is 18.0 Å². The summed E-state index contributed by atoms with van der Waals surface area (Å²) in [7, 11) is -2.14. The van der Waals surface area contributed by atoms with Crippen molar-refractivity contribution in [3.05, 3.63) is 58.9 Å². The quantitative estimate of drug-likeness (QED) is 0.463. The van der Waals surface area contributed by atoms with Gasteiger partial charge in [0.2, 0.25) is 10.0 Å².